The minimum absolute atomic E-state index is 0. The highest BCUT2D eigenvalue weighted by atomic mass is 16.6. The van der Waals surface area contributed by atoms with Gasteiger partial charge in [0.1, 0.15) is 44.6 Å². The van der Waals surface area contributed by atoms with Gasteiger partial charge in [-0.1, -0.05) is 375 Å². The maximum Gasteiger partial charge on any atom is 0.417 e. The highest BCUT2D eigenvalue weighted by Gasteiger charge is 2.50. The van der Waals surface area contributed by atoms with E-state index in [2.05, 4.69) is 49.6 Å². The van der Waals surface area contributed by atoms with Crippen molar-refractivity contribution in [3.8, 4) is 0 Å². The van der Waals surface area contributed by atoms with E-state index < -0.39 is 99.8 Å². The lowest BCUT2D eigenvalue weighted by atomic mass is 9.74. The number of aliphatic carboxylic acids is 4. The summed E-state index contributed by atoms with van der Waals surface area (Å²) in [7, 11) is 3.42. The largest absolute Gasteiger partial charge is 0.481 e. The lowest BCUT2D eigenvalue weighted by molar-refractivity contribution is -0.141. The van der Waals surface area contributed by atoms with Crippen LogP contribution in [0.15, 0.2) is 235 Å². The van der Waals surface area contributed by atoms with Crippen molar-refractivity contribution < 1.29 is 106 Å². The molecule has 8 atom stereocenters. The van der Waals surface area contributed by atoms with Gasteiger partial charge in [0.25, 0.3) is 22.2 Å². The Kier molecular flexibility index (Phi) is 52.4. The molecule has 4 saturated heterocycles. The first kappa shape index (κ1) is 123. The van der Waals surface area contributed by atoms with Crippen molar-refractivity contribution >= 4 is 107 Å². The molecule has 0 spiro atoms. The Bertz CT molecular complexity index is 5020. The molecule has 3 radical (unpaired) electrons. The smallest absolute Gasteiger partial charge is 0.417 e. The zero-order valence-corrected chi connectivity index (χ0v) is 83.8. The number of hydrogen-bond acceptors (Lipinski definition) is 22. The maximum atomic E-state index is 13.2. The zero-order valence-electron chi connectivity index (χ0n) is 83.8. The number of carboxylic acids is 4. The predicted molar refractivity (Wildman–Crippen MR) is 544 cm³/mol. The van der Waals surface area contributed by atoms with Crippen LogP contribution in [0.25, 0.3) is 10.4 Å². The summed E-state index contributed by atoms with van der Waals surface area (Å²) >= 11 is 0. The molecule has 8 N–H and O–H groups in total. The standard InChI is InChI=1S/C18H24BN2O4.C17H22N4O3.C17H23NO3.2C12H15BNO3.C11H14O2.C6H11NO2.C6H6.C5H8O2.CH4/c1-12(2)14-10-25-17(24)21(14)16(23)15(20-19-11-22)18(3,4)13-8-6-5-7-9-13;1-11(2)13-10-24-16(23)21(13)15(22)14(19-20-18)17(3,4)12-8-6-5-7-9-12;1-12(2)14-11-21-16(20)18(14)15(19)10-17(3,4)13-8-6-5-7-9-13;2*1-12(2,9-6-4-3-5-7-9)10(11(16)17)14-13-8-15;1-11(2,8-10(12)13)9-6-4-3-5-7-9;1-4(2)5-3-9-6(8)7-5;1-2-4-6-5-3-1;1-4(2)3-5(6)7;/h5-9,11-12,14-15,20H,10H2,1-4H3;5-9,11,13-14H,10H2,1-4H3;5-9,12,14H,10-11H2,1-4H3;2*3-8,10,14H,1-2H3,(H,16,17);3-7H,8H2,1-2H3,(H,12,13);4-5H,3H2,1-2H3,(H,7,8);1-6H;3H,1-2H3,(H,6,7);1H4/t14-,15-;13-,14-;14-;2*10-;;5-;;;/m11111.1.../s1. The van der Waals surface area contributed by atoms with Crippen LogP contribution >= 0.6 is 0 Å². The van der Waals surface area contributed by atoms with E-state index in [-0.39, 0.29) is 98.2 Å². The molecule has 4 heterocycles. The molecule has 7 aromatic carbocycles. The van der Waals surface area contributed by atoms with Crippen molar-refractivity contribution in [1.29, 1.82) is 0 Å². The number of carbonyl (C=O) groups excluding carboxylic acids is 10. The molecule has 753 valence electrons. The van der Waals surface area contributed by atoms with E-state index in [1.165, 1.54) is 23.3 Å². The van der Waals surface area contributed by atoms with Gasteiger partial charge in [0.2, 0.25) is 17.7 Å². The Balaban J connectivity index is 0.000000547. The highest BCUT2D eigenvalue weighted by molar-refractivity contribution is 6.65. The van der Waals surface area contributed by atoms with Gasteiger partial charge < -0.3 is 74.8 Å². The van der Waals surface area contributed by atoms with E-state index in [0.717, 1.165) is 58.7 Å². The van der Waals surface area contributed by atoms with E-state index in [1.807, 2.05) is 343 Å². The normalized spacial score (nSPS) is 16.0. The number of allylic oxidation sites excluding steroid dienone is 1. The summed E-state index contributed by atoms with van der Waals surface area (Å²) in [4.78, 5) is 166. The van der Waals surface area contributed by atoms with Gasteiger partial charge in [-0.2, -0.15) is 0 Å². The summed E-state index contributed by atoms with van der Waals surface area (Å²) in [5.74, 6) is -3.90. The van der Waals surface area contributed by atoms with Gasteiger partial charge in [0.15, 0.2) is 0 Å². The van der Waals surface area contributed by atoms with Crippen LogP contribution in [0.5, 0.6) is 0 Å². The minimum Gasteiger partial charge on any atom is -0.481 e. The number of amides is 7. The SMILES string of the molecule is C.CC(C)(CC(=O)O)c1ccccc1.CC(C)(c1ccccc1)[C@H](N[B]C=O)C(=O)O.CC(C)(c1ccccc1)[C@H](N[B]C=O)C(=O)O.CC(C)=CC(=O)O.CC(C)[C@H]1COC(=O)N1.CC(C)[C@H]1COC(=O)N1C(=O)CC(C)(C)c1ccccc1.CC(C)[C@H]1COC(=O)N1C(=O)[C@@H](N=[N+]=[N-])C(C)(C)c1ccccc1.CC(C)[C@H]1COC(=O)N1C(=O)[C@@H](N[B]C=O)C(C)(C)c1ccccc1.c1ccccc1. The van der Waals surface area contributed by atoms with Crippen molar-refractivity contribution in [1.82, 2.24) is 35.7 Å². The van der Waals surface area contributed by atoms with Gasteiger partial charge in [-0.25, -0.2) is 38.7 Å². The third-order valence-electron chi connectivity index (χ3n) is 23.7. The van der Waals surface area contributed by atoms with E-state index in [0.29, 0.717) is 37.7 Å². The fourth-order valence-electron chi connectivity index (χ4n) is 14.9. The third kappa shape index (κ3) is 38.8. The Morgan fingerprint density at radius 2 is 0.693 bits per heavy atom. The first-order chi connectivity index (χ1) is 65.3. The first-order valence-corrected chi connectivity index (χ1v) is 45.7. The number of rotatable bonds is 33. The van der Waals surface area contributed by atoms with E-state index in [9.17, 15) is 77.3 Å². The topological polar surface area (TPSA) is 463 Å². The number of ether oxygens (including phenoxy) is 4. The van der Waals surface area contributed by atoms with Crippen LogP contribution in [-0.2, 0) is 99.4 Å². The number of azide groups is 1. The van der Waals surface area contributed by atoms with Gasteiger partial charge in [-0.3, -0.25) is 28.8 Å². The molecule has 4 aliphatic heterocycles. The molecule has 35 heteroatoms. The van der Waals surface area contributed by atoms with Crippen molar-refractivity contribution in [2.24, 2.45) is 28.8 Å². The molecule has 4 aliphatic rings. The number of benzene rings is 7. The Labute approximate surface area is 827 Å². The molecule has 0 saturated carbocycles. The second kappa shape index (κ2) is 59.8. The van der Waals surface area contributed by atoms with Gasteiger partial charge in [0, 0.05) is 44.5 Å². The molecule has 0 unspecified atom stereocenters. The summed E-state index contributed by atoms with van der Waals surface area (Å²) in [5, 5.41) is 49.6. The number of nitrogens with zero attached hydrogens (tertiary/aromatic N) is 6. The maximum absolute atomic E-state index is 13.2. The molecule has 32 nitrogen and oxygen atoms in total. The molecule has 4 fully saturated rings. The second-order valence-electron chi connectivity index (χ2n) is 38.2. The van der Waals surface area contributed by atoms with E-state index in [1.54, 1.807) is 13.8 Å². The van der Waals surface area contributed by atoms with Gasteiger partial charge in [-0.15, -0.1) is 0 Å². The number of alkyl carbamates (subject to hydrolysis) is 1. The van der Waals surface area contributed by atoms with Crippen LogP contribution in [0.2, 0.25) is 0 Å². The monoisotopic (exact) mass is 1930 g/mol. The highest BCUT2D eigenvalue weighted by Crippen LogP contribution is 2.37. The van der Waals surface area contributed by atoms with Crippen LogP contribution in [0, 0.1) is 23.7 Å². The molecule has 0 aliphatic carbocycles. The van der Waals surface area contributed by atoms with E-state index in [4.69, 9.17) is 30.0 Å². The van der Waals surface area contributed by atoms with Crippen molar-refractivity contribution in [2.45, 2.75) is 253 Å². The molecule has 11 rings (SSSR count). The summed E-state index contributed by atoms with van der Waals surface area (Å²) in [6, 6.07) is 65.0. The van der Waals surface area contributed by atoms with Gasteiger partial charge >= 0.3 is 48.3 Å². The van der Waals surface area contributed by atoms with Crippen LogP contribution < -0.4 is 21.0 Å². The number of cyclic esters (lactones) is 4. The molecule has 0 bridgehead atoms. The minimum atomic E-state index is -1.04. The Morgan fingerprint density at radius 3 is 0.950 bits per heavy atom. The molecular weight excluding hydrogens is 1790 g/mol. The van der Waals surface area contributed by atoms with Crippen molar-refractivity contribution in [3.63, 3.8) is 0 Å². The third-order valence-corrected chi connectivity index (χ3v) is 23.7. The fraction of sp³-hybridized carbons (Fsp3) is 0.448. The van der Waals surface area contributed by atoms with Crippen LogP contribution in [0.4, 0.5) is 19.2 Å². The van der Waals surface area contributed by atoms with E-state index >= 15 is 0 Å². The number of carboxylic acid groups (broad SMARTS) is 4. The molecule has 0 aromatic heterocycles. The summed E-state index contributed by atoms with van der Waals surface area (Å²) in [6.07, 6.45) is 1.17. The average Bonchev–Trinajstić information content (AvgIpc) is 1.63. The molecular formula is C105H142B3N10O22. The Hall–Kier alpha value is -13.4. The second-order valence-corrected chi connectivity index (χ2v) is 38.2. The van der Waals surface area contributed by atoms with Crippen molar-refractivity contribution in [3.05, 3.63) is 274 Å². The lowest BCUT2D eigenvalue weighted by Gasteiger charge is -2.37. The molecule has 7 aromatic rings. The van der Waals surface area contributed by atoms with Crippen LogP contribution in [-0.4, -0.2) is 217 Å². The first-order valence-electron chi connectivity index (χ1n) is 45.7. The average molecular weight is 1930 g/mol. The van der Waals surface area contributed by atoms with Gasteiger partial charge in [0.05, 0.1) is 55.2 Å². The molecule has 140 heavy (non-hydrogen) atoms. The summed E-state index contributed by atoms with van der Waals surface area (Å²) in [5.41, 5.74) is 12.2. The lowest BCUT2D eigenvalue weighted by Crippen LogP contribution is -2.59. The van der Waals surface area contributed by atoms with Crippen LogP contribution in [0.3, 0.4) is 0 Å². The Morgan fingerprint density at radius 1 is 0.414 bits per heavy atom. The summed E-state index contributed by atoms with van der Waals surface area (Å²) < 4.78 is 19.9. The van der Waals surface area contributed by atoms with Crippen molar-refractivity contribution in [2.75, 3.05) is 26.4 Å². The zero-order chi connectivity index (χ0) is 105. The number of carbonyl (C=O) groups is 14. The number of nitrogens with one attached hydrogen (secondary N) is 4. The van der Waals surface area contributed by atoms with Crippen LogP contribution in [0.1, 0.15) is 206 Å². The number of imide groups is 3. The predicted octanol–water partition coefficient (Wildman–Crippen LogP) is 16.9. The quantitative estimate of drug-likeness (QED) is 0.00360. The number of hydrogen-bond donors (Lipinski definition) is 8. The molecule has 7 amide bonds. The fourth-order valence-corrected chi connectivity index (χ4v) is 14.9. The summed E-state index contributed by atoms with van der Waals surface area (Å²) in [6.45, 7) is 43.2. The van der Waals surface area contributed by atoms with Gasteiger partial charge in [-0.05, 0) is 81.8 Å².